The first-order chi connectivity index (χ1) is 8.29. The zero-order valence-electron chi connectivity index (χ0n) is 10.8. The summed E-state index contributed by atoms with van der Waals surface area (Å²) in [5.74, 6) is 0.932. The molecule has 1 aliphatic rings. The summed E-state index contributed by atoms with van der Waals surface area (Å²) < 4.78 is 5.94. The van der Waals surface area contributed by atoms with E-state index in [-0.39, 0.29) is 6.10 Å². The second kappa shape index (κ2) is 6.01. The molecule has 1 saturated carbocycles. The molecule has 0 amide bonds. The number of hydrogen-bond acceptors (Lipinski definition) is 3. The van der Waals surface area contributed by atoms with E-state index in [1.54, 1.807) is 0 Å². The van der Waals surface area contributed by atoms with Crippen molar-refractivity contribution in [2.24, 2.45) is 0 Å². The summed E-state index contributed by atoms with van der Waals surface area (Å²) in [4.78, 5) is 4.15. The Labute approximate surface area is 104 Å². The van der Waals surface area contributed by atoms with Crippen molar-refractivity contribution in [2.75, 3.05) is 0 Å². The Morgan fingerprint density at radius 1 is 1.53 bits per heavy atom. The van der Waals surface area contributed by atoms with Crippen LogP contribution in [0.4, 0.5) is 0 Å². The van der Waals surface area contributed by atoms with E-state index in [1.165, 1.54) is 18.4 Å². The molecule has 3 nitrogen and oxygen atoms in total. The minimum absolute atomic E-state index is 0.267. The van der Waals surface area contributed by atoms with E-state index >= 15 is 0 Å². The first kappa shape index (κ1) is 12.4. The van der Waals surface area contributed by atoms with Gasteiger partial charge in [0.1, 0.15) is 5.75 Å². The number of ether oxygens (including phenoxy) is 1. The SMILES string of the molecule is CCCC(C)Oc1cnccc1CNC1CC1. The predicted molar refractivity (Wildman–Crippen MR) is 69.1 cm³/mol. The van der Waals surface area contributed by atoms with Gasteiger partial charge in [-0.15, -0.1) is 0 Å². The number of rotatable bonds is 7. The van der Waals surface area contributed by atoms with Crippen molar-refractivity contribution in [3.05, 3.63) is 24.0 Å². The molecule has 1 aromatic rings. The Kier molecular flexibility index (Phi) is 4.37. The van der Waals surface area contributed by atoms with Crippen molar-refractivity contribution >= 4 is 0 Å². The minimum Gasteiger partial charge on any atom is -0.489 e. The van der Waals surface area contributed by atoms with Crippen molar-refractivity contribution in [3.63, 3.8) is 0 Å². The molecule has 0 saturated heterocycles. The number of pyridine rings is 1. The summed E-state index contributed by atoms with van der Waals surface area (Å²) in [7, 11) is 0. The number of hydrogen-bond donors (Lipinski definition) is 1. The number of aromatic nitrogens is 1. The molecule has 1 heterocycles. The van der Waals surface area contributed by atoms with Crippen LogP contribution in [0.15, 0.2) is 18.5 Å². The Bertz CT molecular complexity index is 350. The van der Waals surface area contributed by atoms with Gasteiger partial charge < -0.3 is 10.1 Å². The molecular formula is C14H22N2O. The van der Waals surface area contributed by atoms with Crippen molar-refractivity contribution < 1.29 is 4.74 Å². The highest BCUT2D eigenvalue weighted by molar-refractivity contribution is 5.30. The normalized spacial score (nSPS) is 16.8. The van der Waals surface area contributed by atoms with Gasteiger partial charge in [-0.3, -0.25) is 4.98 Å². The van der Waals surface area contributed by atoms with Gasteiger partial charge in [-0.1, -0.05) is 13.3 Å². The van der Waals surface area contributed by atoms with Gasteiger partial charge in [0.05, 0.1) is 12.3 Å². The van der Waals surface area contributed by atoms with Gasteiger partial charge in [0.15, 0.2) is 0 Å². The molecule has 0 aromatic carbocycles. The van der Waals surface area contributed by atoms with E-state index in [1.807, 2.05) is 18.5 Å². The first-order valence-electron chi connectivity index (χ1n) is 6.62. The van der Waals surface area contributed by atoms with Crippen LogP contribution in [0, 0.1) is 0 Å². The maximum Gasteiger partial charge on any atom is 0.142 e. The molecular weight excluding hydrogens is 212 g/mol. The molecule has 1 aliphatic carbocycles. The highest BCUT2D eigenvalue weighted by atomic mass is 16.5. The van der Waals surface area contributed by atoms with Crippen LogP contribution in [0.25, 0.3) is 0 Å². The predicted octanol–water partition coefficient (Wildman–Crippen LogP) is 2.90. The summed E-state index contributed by atoms with van der Waals surface area (Å²) in [6.45, 7) is 5.19. The zero-order chi connectivity index (χ0) is 12.1. The third-order valence-corrected chi connectivity index (χ3v) is 3.05. The van der Waals surface area contributed by atoms with E-state index in [9.17, 15) is 0 Å². The molecule has 1 unspecified atom stereocenters. The van der Waals surface area contributed by atoms with Crippen molar-refractivity contribution in [1.82, 2.24) is 10.3 Å². The van der Waals surface area contributed by atoms with Crippen LogP contribution in [0.2, 0.25) is 0 Å². The molecule has 0 bridgehead atoms. The Balaban J connectivity index is 1.93. The molecule has 1 N–H and O–H groups in total. The molecule has 3 heteroatoms. The highest BCUT2D eigenvalue weighted by Gasteiger charge is 2.20. The lowest BCUT2D eigenvalue weighted by molar-refractivity contribution is 0.206. The Morgan fingerprint density at radius 2 is 2.35 bits per heavy atom. The van der Waals surface area contributed by atoms with Gasteiger partial charge in [-0.25, -0.2) is 0 Å². The van der Waals surface area contributed by atoms with E-state index in [2.05, 4.69) is 24.1 Å². The maximum atomic E-state index is 5.94. The number of nitrogens with one attached hydrogen (secondary N) is 1. The fourth-order valence-electron chi connectivity index (χ4n) is 1.88. The molecule has 1 aromatic heterocycles. The summed E-state index contributed by atoms with van der Waals surface area (Å²) >= 11 is 0. The smallest absolute Gasteiger partial charge is 0.142 e. The lowest BCUT2D eigenvalue weighted by Crippen LogP contribution is -2.18. The average Bonchev–Trinajstić information content (AvgIpc) is 3.12. The topological polar surface area (TPSA) is 34.1 Å². The van der Waals surface area contributed by atoms with Gasteiger partial charge in [-0.05, 0) is 32.3 Å². The number of nitrogens with zero attached hydrogens (tertiary/aromatic N) is 1. The van der Waals surface area contributed by atoms with E-state index < -0.39 is 0 Å². The fraction of sp³-hybridized carbons (Fsp3) is 0.643. The average molecular weight is 234 g/mol. The second-order valence-corrected chi connectivity index (χ2v) is 4.86. The maximum absolute atomic E-state index is 5.94. The van der Waals surface area contributed by atoms with E-state index in [0.717, 1.165) is 31.2 Å². The van der Waals surface area contributed by atoms with Crippen molar-refractivity contribution in [2.45, 2.75) is 58.2 Å². The molecule has 17 heavy (non-hydrogen) atoms. The lowest BCUT2D eigenvalue weighted by atomic mass is 10.2. The second-order valence-electron chi connectivity index (χ2n) is 4.86. The summed E-state index contributed by atoms with van der Waals surface area (Å²) in [5, 5.41) is 3.51. The van der Waals surface area contributed by atoms with Gasteiger partial charge in [0.2, 0.25) is 0 Å². The van der Waals surface area contributed by atoms with Crippen LogP contribution >= 0.6 is 0 Å². The van der Waals surface area contributed by atoms with Crippen LogP contribution < -0.4 is 10.1 Å². The van der Waals surface area contributed by atoms with Gasteiger partial charge in [-0.2, -0.15) is 0 Å². The van der Waals surface area contributed by atoms with Crippen molar-refractivity contribution in [3.8, 4) is 5.75 Å². The molecule has 0 radical (unpaired) electrons. The van der Waals surface area contributed by atoms with E-state index in [4.69, 9.17) is 4.74 Å². The minimum atomic E-state index is 0.267. The molecule has 1 fully saturated rings. The largest absolute Gasteiger partial charge is 0.489 e. The quantitative estimate of drug-likeness (QED) is 0.787. The first-order valence-corrected chi connectivity index (χ1v) is 6.62. The van der Waals surface area contributed by atoms with E-state index in [0.29, 0.717) is 0 Å². The van der Waals surface area contributed by atoms with Crippen LogP contribution in [0.5, 0.6) is 5.75 Å². The molecule has 1 atom stereocenters. The molecule has 94 valence electrons. The third-order valence-electron chi connectivity index (χ3n) is 3.05. The molecule has 0 spiro atoms. The lowest BCUT2D eigenvalue weighted by Gasteiger charge is -2.16. The summed E-state index contributed by atoms with van der Waals surface area (Å²) in [6.07, 6.45) is 8.80. The van der Waals surface area contributed by atoms with Gasteiger partial charge in [0.25, 0.3) is 0 Å². The molecule has 0 aliphatic heterocycles. The highest BCUT2D eigenvalue weighted by Crippen LogP contribution is 2.23. The van der Waals surface area contributed by atoms with Crippen LogP contribution in [-0.2, 0) is 6.54 Å². The van der Waals surface area contributed by atoms with Gasteiger partial charge in [0, 0.05) is 24.3 Å². The van der Waals surface area contributed by atoms with Crippen LogP contribution in [-0.4, -0.2) is 17.1 Å². The monoisotopic (exact) mass is 234 g/mol. The summed E-state index contributed by atoms with van der Waals surface area (Å²) in [5.41, 5.74) is 1.22. The van der Waals surface area contributed by atoms with Crippen molar-refractivity contribution in [1.29, 1.82) is 0 Å². The van der Waals surface area contributed by atoms with Gasteiger partial charge >= 0.3 is 0 Å². The zero-order valence-corrected chi connectivity index (χ0v) is 10.8. The fourth-order valence-corrected chi connectivity index (χ4v) is 1.88. The standard InChI is InChI=1S/C14H22N2O/c1-3-4-11(2)17-14-10-15-8-7-12(14)9-16-13-5-6-13/h7-8,10-11,13,16H,3-6,9H2,1-2H3. The Morgan fingerprint density at radius 3 is 3.06 bits per heavy atom. The van der Waals surface area contributed by atoms with Crippen LogP contribution in [0.1, 0.15) is 45.1 Å². The van der Waals surface area contributed by atoms with Crippen LogP contribution in [0.3, 0.4) is 0 Å². The third kappa shape index (κ3) is 4.00. The Hall–Kier alpha value is -1.09. The molecule has 2 rings (SSSR count). The summed E-state index contributed by atoms with van der Waals surface area (Å²) in [6, 6.07) is 2.77.